The number of ether oxygens (including phenoxy) is 8. The van der Waals surface area contributed by atoms with E-state index >= 15 is 0 Å². The molecule has 0 amide bonds. The maximum absolute atomic E-state index is 5.66. The Hall–Kier alpha value is -0.320. The molecule has 0 unspecified atom stereocenters. The molecular formula is C37H76O8. The van der Waals surface area contributed by atoms with Gasteiger partial charge >= 0.3 is 0 Å². The average Bonchev–Trinajstić information content (AvgIpc) is 3.05. The van der Waals surface area contributed by atoms with Crippen LogP contribution in [0.15, 0.2) is 0 Å². The summed E-state index contributed by atoms with van der Waals surface area (Å²) < 4.78 is 44.5. The maximum Gasteiger partial charge on any atom is 0.0701 e. The van der Waals surface area contributed by atoms with Crippen LogP contribution in [-0.4, -0.2) is 106 Å². The van der Waals surface area contributed by atoms with Crippen molar-refractivity contribution in [2.24, 2.45) is 0 Å². The summed E-state index contributed by atoms with van der Waals surface area (Å²) in [7, 11) is 0. The molecule has 0 aromatic heterocycles. The van der Waals surface area contributed by atoms with Gasteiger partial charge in [0.15, 0.2) is 0 Å². The van der Waals surface area contributed by atoms with Crippen molar-refractivity contribution in [3.8, 4) is 0 Å². The second kappa shape index (κ2) is 43.7. The molecular weight excluding hydrogens is 572 g/mol. The summed E-state index contributed by atoms with van der Waals surface area (Å²) in [5.41, 5.74) is 0. The highest BCUT2D eigenvalue weighted by molar-refractivity contribution is 4.49. The fourth-order valence-corrected chi connectivity index (χ4v) is 4.85. The predicted octanol–water partition coefficient (Wildman–Crippen LogP) is 8.57. The molecule has 8 heteroatoms. The Balaban J connectivity index is 3.03. The molecule has 45 heavy (non-hydrogen) atoms. The van der Waals surface area contributed by atoms with E-state index in [9.17, 15) is 0 Å². The second-order valence-electron chi connectivity index (χ2n) is 11.9. The van der Waals surface area contributed by atoms with E-state index in [-0.39, 0.29) is 0 Å². The van der Waals surface area contributed by atoms with Gasteiger partial charge in [-0.1, -0.05) is 123 Å². The third kappa shape index (κ3) is 43.7. The summed E-state index contributed by atoms with van der Waals surface area (Å²) in [6.45, 7) is 14.5. The summed E-state index contributed by atoms with van der Waals surface area (Å²) >= 11 is 0. The lowest BCUT2D eigenvalue weighted by Crippen LogP contribution is -2.15. The number of unbranched alkanes of at least 4 members (excludes halogenated alkanes) is 17. The molecule has 0 aliphatic rings. The minimum atomic E-state index is 0.554. The van der Waals surface area contributed by atoms with E-state index in [0.29, 0.717) is 92.5 Å². The first-order valence-electron chi connectivity index (χ1n) is 19.0. The maximum atomic E-state index is 5.66. The van der Waals surface area contributed by atoms with E-state index in [1.54, 1.807) is 0 Å². The van der Waals surface area contributed by atoms with Crippen molar-refractivity contribution in [1.29, 1.82) is 0 Å². The predicted molar refractivity (Wildman–Crippen MR) is 186 cm³/mol. The Morgan fingerprint density at radius 2 is 0.333 bits per heavy atom. The van der Waals surface area contributed by atoms with Crippen molar-refractivity contribution in [3.05, 3.63) is 0 Å². The van der Waals surface area contributed by atoms with Crippen LogP contribution >= 0.6 is 0 Å². The van der Waals surface area contributed by atoms with Crippen LogP contribution in [0.5, 0.6) is 0 Å². The molecule has 0 saturated heterocycles. The van der Waals surface area contributed by atoms with Crippen LogP contribution in [0.1, 0.15) is 136 Å². The molecule has 0 bridgehead atoms. The zero-order valence-electron chi connectivity index (χ0n) is 30.0. The highest BCUT2D eigenvalue weighted by Gasteiger charge is 1.97. The van der Waals surface area contributed by atoms with E-state index in [1.807, 2.05) is 0 Å². The van der Waals surface area contributed by atoms with Crippen molar-refractivity contribution in [1.82, 2.24) is 0 Å². The number of rotatable bonds is 42. The van der Waals surface area contributed by atoms with Gasteiger partial charge in [0.05, 0.1) is 92.5 Å². The van der Waals surface area contributed by atoms with Crippen molar-refractivity contribution in [2.75, 3.05) is 106 Å². The van der Waals surface area contributed by atoms with Gasteiger partial charge in [0.2, 0.25) is 0 Å². The van der Waals surface area contributed by atoms with Gasteiger partial charge in [-0.05, 0) is 12.8 Å². The summed E-state index contributed by atoms with van der Waals surface area (Å²) in [5, 5.41) is 0. The monoisotopic (exact) mass is 649 g/mol. The normalized spacial score (nSPS) is 11.6. The highest BCUT2D eigenvalue weighted by atomic mass is 16.6. The zero-order valence-corrected chi connectivity index (χ0v) is 30.0. The first-order valence-corrected chi connectivity index (χ1v) is 19.0. The Morgan fingerprint density at radius 1 is 0.178 bits per heavy atom. The minimum Gasteiger partial charge on any atom is -0.379 e. The summed E-state index contributed by atoms with van der Waals surface area (Å²) in [6.07, 6.45) is 25.5. The molecule has 0 rings (SSSR count). The summed E-state index contributed by atoms with van der Waals surface area (Å²) in [4.78, 5) is 0. The first-order chi connectivity index (χ1) is 22.4. The molecule has 0 aromatic rings. The van der Waals surface area contributed by atoms with Crippen LogP contribution in [-0.2, 0) is 37.9 Å². The number of hydrogen-bond donors (Lipinski definition) is 0. The lowest BCUT2D eigenvalue weighted by atomic mass is 10.1. The van der Waals surface area contributed by atoms with Crippen molar-refractivity contribution in [3.63, 3.8) is 0 Å². The van der Waals surface area contributed by atoms with E-state index < -0.39 is 0 Å². The molecule has 0 atom stereocenters. The fourth-order valence-electron chi connectivity index (χ4n) is 4.85. The molecule has 0 radical (unpaired) electrons. The molecule has 0 fully saturated rings. The molecule has 8 nitrogen and oxygen atoms in total. The van der Waals surface area contributed by atoms with E-state index in [2.05, 4.69) is 13.8 Å². The largest absolute Gasteiger partial charge is 0.379 e. The second-order valence-corrected chi connectivity index (χ2v) is 11.9. The van der Waals surface area contributed by atoms with Crippen LogP contribution in [0.4, 0.5) is 0 Å². The van der Waals surface area contributed by atoms with Crippen LogP contribution in [0, 0.1) is 0 Å². The lowest BCUT2D eigenvalue weighted by Gasteiger charge is -2.09. The molecule has 0 N–H and O–H groups in total. The van der Waals surface area contributed by atoms with Gasteiger partial charge in [-0.15, -0.1) is 0 Å². The third-order valence-corrected chi connectivity index (χ3v) is 7.64. The van der Waals surface area contributed by atoms with Crippen molar-refractivity contribution >= 4 is 0 Å². The fraction of sp³-hybridized carbons (Fsp3) is 1.00. The van der Waals surface area contributed by atoms with Crippen LogP contribution in [0.2, 0.25) is 0 Å². The zero-order chi connectivity index (χ0) is 32.4. The van der Waals surface area contributed by atoms with Gasteiger partial charge in [-0.25, -0.2) is 0 Å². The molecule has 272 valence electrons. The van der Waals surface area contributed by atoms with Gasteiger partial charge in [0, 0.05) is 13.2 Å². The van der Waals surface area contributed by atoms with Crippen molar-refractivity contribution < 1.29 is 37.9 Å². The molecule has 0 spiro atoms. The van der Waals surface area contributed by atoms with Crippen LogP contribution < -0.4 is 0 Å². The minimum absolute atomic E-state index is 0.554. The van der Waals surface area contributed by atoms with E-state index in [0.717, 1.165) is 26.1 Å². The van der Waals surface area contributed by atoms with E-state index in [4.69, 9.17) is 37.9 Å². The topological polar surface area (TPSA) is 73.8 Å². The molecule has 0 saturated carbocycles. The SMILES string of the molecule is CCCCCCCCCCCCCOCCOCCOCCOCCOCCOCCOCCOCCCCCCCCCC. The molecule has 0 aliphatic heterocycles. The number of hydrogen-bond acceptors (Lipinski definition) is 8. The lowest BCUT2D eigenvalue weighted by molar-refractivity contribution is -0.0232. The molecule has 0 aromatic carbocycles. The Kier molecular flexibility index (Phi) is 43.4. The van der Waals surface area contributed by atoms with Gasteiger partial charge in [0.25, 0.3) is 0 Å². The smallest absolute Gasteiger partial charge is 0.0701 e. The Labute approximate surface area is 279 Å². The Morgan fingerprint density at radius 3 is 0.533 bits per heavy atom. The van der Waals surface area contributed by atoms with Gasteiger partial charge in [-0.3, -0.25) is 0 Å². The van der Waals surface area contributed by atoms with Crippen LogP contribution in [0.25, 0.3) is 0 Å². The van der Waals surface area contributed by atoms with E-state index in [1.165, 1.54) is 109 Å². The standard InChI is InChI=1S/C37H76O8/c1-3-5-7-9-11-13-14-15-17-19-21-23-39-25-27-41-29-31-43-33-35-45-37-36-44-34-32-42-30-28-40-26-24-38-22-20-18-16-12-10-8-6-4-2/h3-37H2,1-2H3. The van der Waals surface area contributed by atoms with Gasteiger partial charge < -0.3 is 37.9 Å². The van der Waals surface area contributed by atoms with Crippen LogP contribution in [0.3, 0.4) is 0 Å². The average molecular weight is 649 g/mol. The Bertz CT molecular complexity index is 455. The molecule has 0 aliphatic carbocycles. The van der Waals surface area contributed by atoms with Gasteiger partial charge in [0.1, 0.15) is 0 Å². The highest BCUT2D eigenvalue weighted by Crippen LogP contribution is 2.11. The molecule has 0 heterocycles. The third-order valence-electron chi connectivity index (χ3n) is 7.64. The van der Waals surface area contributed by atoms with Crippen molar-refractivity contribution in [2.45, 2.75) is 136 Å². The summed E-state index contributed by atoms with van der Waals surface area (Å²) in [6, 6.07) is 0. The van der Waals surface area contributed by atoms with Gasteiger partial charge in [-0.2, -0.15) is 0 Å². The quantitative estimate of drug-likeness (QED) is 0.0610. The summed E-state index contributed by atoms with van der Waals surface area (Å²) in [5.74, 6) is 0. The first kappa shape index (κ1) is 44.7.